The topological polar surface area (TPSA) is 41.1 Å². The van der Waals surface area contributed by atoms with Crippen molar-refractivity contribution < 1.29 is 0 Å². The molecule has 3 rings (SSSR count). The van der Waals surface area contributed by atoms with Crippen LogP contribution in [0.1, 0.15) is 38.0 Å². The van der Waals surface area contributed by atoms with Gasteiger partial charge >= 0.3 is 0 Å². The number of hydrogen-bond donors (Lipinski definition) is 1. The number of nitrogens with one attached hydrogen (secondary N) is 1. The molecule has 3 heterocycles. The van der Waals surface area contributed by atoms with E-state index in [1.54, 1.807) is 11.3 Å². The Morgan fingerprint density at radius 1 is 1.40 bits per heavy atom. The highest BCUT2D eigenvalue weighted by Gasteiger charge is 2.26. The van der Waals surface area contributed by atoms with Crippen molar-refractivity contribution in [2.75, 3.05) is 23.8 Å². The molecule has 108 valence electrons. The van der Waals surface area contributed by atoms with E-state index in [0.717, 1.165) is 29.6 Å². The second-order valence-corrected chi connectivity index (χ2v) is 6.42. The van der Waals surface area contributed by atoms with Gasteiger partial charge in [0.2, 0.25) is 5.95 Å². The summed E-state index contributed by atoms with van der Waals surface area (Å²) in [6.07, 6.45) is 4.79. The second kappa shape index (κ2) is 5.56. The molecule has 4 nitrogen and oxygen atoms in total. The highest BCUT2D eigenvalue weighted by molar-refractivity contribution is 7.18. The Hall–Kier alpha value is -1.36. The molecule has 2 aromatic rings. The SMILES string of the molecule is CCc1cc2c(N3CCCC3CC)nc(NC)nc2s1. The summed E-state index contributed by atoms with van der Waals surface area (Å²) in [6.45, 7) is 5.58. The molecule has 1 aliphatic heterocycles. The lowest BCUT2D eigenvalue weighted by atomic mass is 10.1. The highest BCUT2D eigenvalue weighted by Crippen LogP contribution is 2.36. The molecular weight excluding hydrogens is 268 g/mol. The lowest BCUT2D eigenvalue weighted by molar-refractivity contribution is 0.642. The van der Waals surface area contributed by atoms with Gasteiger partial charge in [0.05, 0.1) is 5.39 Å². The summed E-state index contributed by atoms with van der Waals surface area (Å²) in [5, 5.41) is 4.33. The molecule has 5 heteroatoms. The molecule has 0 aliphatic carbocycles. The molecule has 1 unspecified atom stereocenters. The predicted molar refractivity (Wildman–Crippen MR) is 87.0 cm³/mol. The van der Waals surface area contributed by atoms with Crippen LogP contribution in [0.3, 0.4) is 0 Å². The third-order valence-electron chi connectivity index (χ3n) is 4.12. The molecule has 0 bridgehead atoms. The Labute approximate surface area is 124 Å². The van der Waals surface area contributed by atoms with E-state index >= 15 is 0 Å². The van der Waals surface area contributed by atoms with Crippen molar-refractivity contribution in [1.29, 1.82) is 0 Å². The Morgan fingerprint density at radius 2 is 2.25 bits per heavy atom. The lowest BCUT2D eigenvalue weighted by Gasteiger charge is -2.25. The van der Waals surface area contributed by atoms with Gasteiger partial charge in [0.25, 0.3) is 0 Å². The van der Waals surface area contributed by atoms with Gasteiger partial charge in [0.15, 0.2) is 0 Å². The minimum absolute atomic E-state index is 0.628. The zero-order valence-electron chi connectivity index (χ0n) is 12.4. The molecule has 1 saturated heterocycles. The van der Waals surface area contributed by atoms with Gasteiger partial charge in [-0.3, -0.25) is 0 Å². The Morgan fingerprint density at radius 3 is 2.95 bits per heavy atom. The van der Waals surface area contributed by atoms with E-state index in [1.807, 2.05) is 7.05 Å². The first-order valence-electron chi connectivity index (χ1n) is 7.51. The third-order valence-corrected chi connectivity index (χ3v) is 5.29. The van der Waals surface area contributed by atoms with Gasteiger partial charge < -0.3 is 10.2 Å². The summed E-state index contributed by atoms with van der Waals surface area (Å²) in [5.41, 5.74) is 0. The van der Waals surface area contributed by atoms with Crippen molar-refractivity contribution >= 4 is 33.3 Å². The van der Waals surface area contributed by atoms with Crippen molar-refractivity contribution in [3.05, 3.63) is 10.9 Å². The summed E-state index contributed by atoms with van der Waals surface area (Å²) < 4.78 is 0. The first kappa shape index (κ1) is 13.6. The molecule has 20 heavy (non-hydrogen) atoms. The van der Waals surface area contributed by atoms with Gasteiger partial charge in [-0.2, -0.15) is 4.98 Å². The summed E-state index contributed by atoms with van der Waals surface area (Å²) in [4.78, 5) is 14.4. The number of hydrogen-bond acceptors (Lipinski definition) is 5. The Bertz CT molecular complexity index is 607. The van der Waals surface area contributed by atoms with Gasteiger partial charge in [-0.1, -0.05) is 13.8 Å². The molecule has 1 atom stereocenters. The number of nitrogens with zero attached hydrogens (tertiary/aromatic N) is 3. The first-order chi connectivity index (χ1) is 9.76. The van der Waals surface area contributed by atoms with Crippen LogP contribution in [0, 0.1) is 0 Å². The van der Waals surface area contributed by atoms with Crippen LogP contribution < -0.4 is 10.2 Å². The van der Waals surface area contributed by atoms with E-state index in [1.165, 1.54) is 29.5 Å². The van der Waals surface area contributed by atoms with Crippen LogP contribution in [0.15, 0.2) is 6.07 Å². The number of fused-ring (bicyclic) bond motifs is 1. The number of rotatable bonds is 4. The molecule has 1 fully saturated rings. The summed E-state index contributed by atoms with van der Waals surface area (Å²) in [7, 11) is 1.89. The van der Waals surface area contributed by atoms with Crippen LogP contribution in [0.25, 0.3) is 10.2 Å². The lowest BCUT2D eigenvalue weighted by Crippen LogP contribution is -2.29. The minimum Gasteiger partial charge on any atom is -0.357 e. The Balaban J connectivity index is 2.14. The van der Waals surface area contributed by atoms with Crippen LogP contribution in [0.4, 0.5) is 11.8 Å². The maximum Gasteiger partial charge on any atom is 0.225 e. The first-order valence-corrected chi connectivity index (χ1v) is 8.33. The zero-order valence-corrected chi connectivity index (χ0v) is 13.3. The maximum absolute atomic E-state index is 4.76. The molecule has 0 spiro atoms. The van der Waals surface area contributed by atoms with E-state index in [-0.39, 0.29) is 0 Å². The number of anilines is 2. The van der Waals surface area contributed by atoms with Crippen molar-refractivity contribution in [3.63, 3.8) is 0 Å². The Kier molecular flexibility index (Phi) is 3.78. The van der Waals surface area contributed by atoms with Crippen molar-refractivity contribution in [1.82, 2.24) is 9.97 Å². The third kappa shape index (κ3) is 2.24. The molecule has 0 aromatic carbocycles. The summed E-state index contributed by atoms with van der Waals surface area (Å²) in [6, 6.07) is 2.91. The van der Waals surface area contributed by atoms with Crippen molar-refractivity contribution in [2.45, 2.75) is 45.6 Å². The number of aryl methyl sites for hydroxylation is 1. The minimum atomic E-state index is 0.628. The van der Waals surface area contributed by atoms with Crippen molar-refractivity contribution in [3.8, 4) is 0 Å². The van der Waals surface area contributed by atoms with Crippen LogP contribution in [-0.2, 0) is 6.42 Å². The van der Waals surface area contributed by atoms with E-state index in [9.17, 15) is 0 Å². The average molecular weight is 290 g/mol. The number of aromatic nitrogens is 2. The van der Waals surface area contributed by atoms with E-state index in [4.69, 9.17) is 4.98 Å². The fourth-order valence-electron chi connectivity index (χ4n) is 3.00. The largest absolute Gasteiger partial charge is 0.357 e. The van der Waals surface area contributed by atoms with Gasteiger partial charge in [0, 0.05) is 24.5 Å². The molecule has 2 aromatic heterocycles. The maximum atomic E-state index is 4.76. The van der Waals surface area contributed by atoms with E-state index < -0.39 is 0 Å². The monoisotopic (exact) mass is 290 g/mol. The molecule has 0 saturated carbocycles. The van der Waals surface area contributed by atoms with E-state index in [0.29, 0.717) is 6.04 Å². The standard InChI is InChI=1S/C15H22N4S/c1-4-10-7-6-8-19(10)13-12-9-11(5-2)20-14(12)18-15(16-3)17-13/h9-10H,4-8H2,1-3H3,(H,16,17,18). The fourth-order valence-corrected chi connectivity index (χ4v) is 3.96. The smallest absolute Gasteiger partial charge is 0.225 e. The fraction of sp³-hybridized carbons (Fsp3) is 0.600. The summed E-state index contributed by atoms with van der Waals surface area (Å²) in [5.74, 6) is 1.86. The highest BCUT2D eigenvalue weighted by atomic mass is 32.1. The molecule has 0 radical (unpaired) electrons. The molecule has 1 aliphatic rings. The van der Waals surface area contributed by atoms with Crippen molar-refractivity contribution in [2.24, 2.45) is 0 Å². The normalized spacial score (nSPS) is 18.9. The molecule has 0 amide bonds. The van der Waals surface area contributed by atoms with Crippen LogP contribution in [0.2, 0.25) is 0 Å². The molecular formula is C15H22N4S. The van der Waals surface area contributed by atoms with Gasteiger partial charge in [0.1, 0.15) is 10.6 Å². The van der Waals surface area contributed by atoms with E-state index in [2.05, 4.69) is 35.1 Å². The quantitative estimate of drug-likeness (QED) is 0.932. The van der Waals surface area contributed by atoms with Gasteiger partial charge in [-0.05, 0) is 31.7 Å². The predicted octanol–water partition coefficient (Wildman–Crippen LogP) is 3.67. The summed E-state index contributed by atoms with van der Waals surface area (Å²) >= 11 is 1.79. The van der Waals surface area contributed by atoms with Crippen LogP contribution >= 0.6 is 11.3 Å². The van der Waals surface area contributed by atoms with Crippen LogP contribution in [0.5, 0.6) is 0 Å². The van der Waals surface area contributed by atoms with Gasteiger partial charge in [-0.15, -0.1) is 11.3 Å². The molecule has 1 N–H and O–H groups in total. The second-order valence-electron chi connectivity index (χ2n) is 5.30. The average Bonchev–Trinajstić information content (AvgIpc) is 3.11. The van der Waals surface area contributed by atoms with Gasteiger partial charge in [-0.25, -0.2) is 4.98 Å². The zero-order chi connectivity index (χ0) is 14.1. The number of thiophene rings is 1. The van der Waals surface area contributed by atoms with Crippen LogP contribution in [-0.4, -0.2) is 29.6 Å².